The van der Waals surface area contributed by atoms with E-state index in [9.17, 15) is 15.0 Å². The molecule has 5 rings (SSSR count). The minimum Gasteiger partial charge on any atom is -0.506 e. The van der Waals surface area contributed by atoms with Crippen LogP contribution in [0.1, 0.15) is 10.4 Å². The van der Waals surface area contributed by atoms with Crippen molar-refractivity contribution in [3.05, 3.63) is 103 Å². The number of aromatic hydroxyl groups is 2. The number of hydrogen-bond donors (Lipinski definition) is 3. The van der Waals surface area contributed by atoms with Crippen molar-refractivity contribution in [1.82, 2.24) is 0 Å². The molecule has 160 valence electrons. The maximum absolute atomic E-state index is 12.7. The summed E-state index contributed by atoms with van der Waals surface area (Å²) >= 11 is 0. The summed E-state index contributed by atoms with van der Waals surface area (Å²) < 4.78 is 0. The Morgan fingerprint density at radius 1 is 0.606 bits per heavy atom. The molecule has 0 aromatic heterocycles. The van der Waals surface area contributed by atoms with Gasteiger partial charge in [0, 0.05) is 27.4 Å². The Hall–Kier alpha value is -4.71. The maximum atomic E-state index is 12.7. The standard InChI is InChI=1S/C27H19N3O3/c31-23-15-13-17-7-4-5-10-19(17)25(23)29-30-26-21-11-6-12-22(20(21)14-16-24(26)32)28-27(33)18-8-2-1-3-9-18/h1-16,31-32H,(H,28,33). The minimum atomic E-state index is -0.236. The summed E-state index contributed by atoms with van der Waals surface area (Å²) in [4.78, 5) is 12.7. The second kappa shape index (κ2) is 8.43. The van der Waals surface area contributed by atoms with Gasteiger partial charge in [-0.3, -0.25) is 4.79 Å². The summed E-state index contributed by atoms with van der Waals surface area (Å²) in [6.07, 6.45) is 0. The van der Waals surface area contributed by atoms with Crippen LogP contribution in [0, 0.1) is 0 Å². The zero-order valence-electron chi connectivity index (χ0n) is 17.4. The molecule has 33 heavy (non-hydrogen) atoms. The van der Waals surface area contributed by atoms with Gasteiger partial charge in [0.25, 0.3) is 5.91 Å². The summed E-state index contributed by atoms with van der Waals surface area (Å²) in [5.41, 5.74) is 1.69. The van der Waals surface area contributed by atoms with Gasteiger partial charge in [0.1, 0.15) is 22.9 Å². The fourth-order valence-electron chi connectivity index (χ4n) is 3.78. The summed E-state index contributed by atoms with van der Waals surface area (Å²) in [6, 6.07) is 28.4. The number of amides is 1. The zero-order valence-corrected chi connectivity index (χ0v) is 17.4. The average Bonchev–Trinajstić information content (AvgIpc) is 2.85. The van der Waals surface area contributed by atoms with Crippen molar-refractivity contribution >= 4 is 44.5 Å². The Kier molecular flexibility index (Phi) is 5.16. The largest absolute Gasteiger partial charge is 0.506 e. The molecule has 3 N–H and O–H groups in total. The lowest BCUT2D eigenvalue weighted by atomic mass is 10.1. The van der Waals surface area contributed by atoms with Crippen LogP contribution in [0.5, 0.6) is 11.5 Å². The second-order valence-electron chi connectivity index (χ2n) is 7.51. The molecule has 0 unspecified atom stereocenters. The monoisotopic (exact) mass is 433 g/mol. The Morgan fingerprint density at radius 2 is 1.24 bits per heavy atom. The number of carbonyl (C=O) groups excluding carboxylic acids is 1. The van der Waals surface area contributed by atoms with Crippen molar-refractivity contribution in [3.63, 3.8) is 0 Å². The molecule has 6 nitrogen and oxygen atoms in total. The average molecular weight is 433 g/mol. The maximum Gasteiger partial charge on any atom is 0.255 e. The minimum absolute atomic E-state index is 0.00649. The number of fused-ring (bicyclic) bond motifs is 2. The molecule has 0 saturated carbocycles. The van der Waals surface area contributed by atoms with Crippen LogP contribution < -0.4 is 5.32 Å². The van der Waals surface area contributed by atoms with E-state index in [-0.39, 0.29) is 23.1 Å². The fourth-order valence-corrected chi connectivity index (χ4v) is 3.78. The van der Waals surface area contributed by atoms with Gasteiger partial charge in [-0.15, -0.1) is 10.2 Å². The number of phenolic OH excluding ortho intramolecular Hbond substituents is 2. The topological polar surface area (TPSA) is 94.3 Å². The highest BCUT2D eigenvalue weighted by Crippen LogP contribution is 2.41. The smallest absolute Gasteiger partial charge is 0.255 e. The van der Waals surface area contributed by atoms with Gasteiger partial charge in [0.05, 0.1) is 0 Å². The molecule has 0 saturated heterocycles. The molecule has 5 aromatic carbocycles. The van der Waals surface area contributed by atoms with Crippen molar-refractivity contribution < 1.29 is 15.0 Å². The molecular weight excluding hydrogens is 414 g/mol. The first-order valence-electron chi connectivity index (χ1n) is 10.4. The van der Waals surface area contributed by atoms with Gasteiger partial charge in [-0.05, 0) is 41.8 Å². The van der Waals surface area contributed by atoms with Crippen molar-refractivity contribution in [2.24, 2.45) is 10.2 Å². The van der Waals surface area contributed by atoms with Crippen LogP contribution in [-0.4, -0.2) is 16.1 Å². The Morgan fingerprint density at radius 3 is 2.03 bits per heavy atom. The van der Waals surface area contributed by atoms with E-state index in [2.05, 4.69) is 15.5 Å². The van der Waals surface area contributed by atoms with E-state index < -0.39 is 0 Å². The van der Waals surface area contributed by atoms with Crippen LogP contribution in [0.2, 0.25) is 0 Å². The summed E-state index contributed by atoms with van der Waals surface area (Å²) in [6.45, 7) is 0. The number of nitrogens with zero attached hydrogens (tertiary/aromatic N) is 2. The highest BCUT2D eigenvalue weighted by Gasteiger charge is 2.13. The quantitative estimate of drug-likeness (QED) is 0.265. The third-order valence-electron chi connectivity index (χ3n) is 5.43. The first-order chi connectivity index (χ1) is 16.1. The number of benzene rings is 5. The van der Waals surface area contributed by atoms with Crippen LogP contribution in [0.15, 0.2) is 107 Å². The van der Waals surface area contributed by atoms with Gasteiger partial charge < -0.3 is 15.5 Å². The molecule has 0 spiro atoms. The summed E-state index contributed by atoms with van der Waals surface area (Å²) in [5, 5.41) is 35.4. The van der Waals surface area contributed by atoms with E-state index in [1.165, 1.54) is 6.07 Å². The molecule has 0 atom stereocenters. The third kappa shape index (κ3) is 3.85. The van der Waals surface area contributed by atoms with Crippen molar-refractivity contribution in [2.75, 3.05) is 5.32 Å². The van der Waals surface area contributed by atoms with Crippen LogP contribution in [0.3, 0.4) is 0 Å². The van der Waals surface area contributed by atoms with Crippen molar-refractivity contribution in [1.29, 1.82) is 0 Å². The number of rotatable bonds is 4. The second-order valence-corrected chi connectivity index (χ2v) is 7.51. The van der Waals surface area contributed by atoms with Gasteiger partial charge in [0.2, 0.25) is 0 Å². The molecule has 1 amide bonds. The fraction of sp³-hybridized carbons (Fsp3) is 0. The van der Waals surface area contributed by atoms with E-state index in [0.717, 1.165) is 10.8 Å². The predicted molar refractivity (Wildman–Crippen MR) is 130 cm³/mol. The lowest BCUT2D eigenvalue weighted by Crippen LogP contribution is -2.11. The lowest BCUT2D eigenvalue weighted by molar-refractivity contribution is 0.102. The lowest BCUT2D eigenvalue weighted by Gasteiger charge is -2.11. The zero-order chi connectivity index (χ0) is 22.8. The first kappa shape index (κ1) is 20.2. The van der Waals surface area contributed by atoms with Gasteiger partial charge in [0.15, 0.2) is 0 Å². The van der Waals surface area contributed by atoms with E-state index in [4.69, 9.17) is 0 Å². The molecular formula is C27H19N3O3. The normalized spacial score (nSPS) is 11.3. The van der Waals surface area contributed by atoms with E-state index >= 15 is 0 Å². The van der Waals surface area contributed by atoms with E-state index in [1.54, 1.807) is 60.7 Å². The Balaban J connectivity index is 1.58. The Labute approximate surface area is 189 Å². The molecule has 0 aliphatic rings. The molecule has 0 bridgehead atoms. The van der Waals surface area contributed by atoms with Crippen LogP contribution in [0.25, 0.3) is 21.5 Å². The van der Waals surface area contributed by atoms with Gasteiger partial charge in [-0.2, -0.15) is 0 Å². The highest BCUT2D eigenvalue weighted by molar-refractivity contribution is 6.11. The van der Waals surface area contributed by atoms with Gasteiger partial charge >= 0.3 is 0 Å². The summed E-state index contributed by atoms with van der Waals surface area (Å²) in [5.74, 6) is -0.300. The predicted octanol–water partition coefficient (Wildman–Crippen LogP) is 7.07. The number of hydrogen-bond acceptors (Lipinski definition) is 5. The number of azo groups is 1. The molecule has 6 heteroatoms. The summed E-state index contributed by atoms with van der Waals surface area (Å²) in [7, 11) is 0. The van der Waals surface area contributed by atoms with Crippen LogP contribution in [-0.2, 0) is 0 Å². The highest BCUT2D eigenvalue weighted by atomic mass is 16.3. The molecule has 0 fully saturated rings. The molecule has 5 aromatic rings. The molecule has 0 aliphatic heterocycles. The SMILES string of the molecule is O=C(Nc1cccc2c(N=Nc3c(O)ccc4ccccc34)c(O)ccc12)c1ccccc1. The van der Waals surface area contributed by atoms with Crippen LogP contribution >= 0.6 is 0 Å². The molecule has 0 aliphatic carbocycles. The van der Waals surface area contributed by atoms with E-state index in [1.807, 2.05) is 30.3 Å². The number of anilines is 1. The Bertz CT molecular complexity index is 1530. The van der Waals surface area contributed by atoms with Crippen molar-refractivity contribution in [3.8, 4) is 11.5 Å². The van der Waals surface area contributed by atoms with E-state index in [0.29, 0.717) is 27.7 Å². The number of phenols is 2. The van der Waals surface area contributed by atoms with Crippen LogP contribution in [0.4, 0.5) is 17.1 Å². The molecule has 0 radical (unpaired) electrons. The first-order valence-corrected chi connectivity index (χ1v) is 10.4. The number of nitrogens with one attached hydrogen (secondary N) is 1. The number of carbonyl (C=O) groups is 1. The third-order valence-corrected chi connectivity index (χ3v) is 5.43. The van der Waals surface area contributed by atoms with Crippen molar-refractivity contribution in [2.45, 2.75) is 0 Å². The van der Waals surface area contributed by atoms with Gasteiger partial charge in [-0.1, -0.05) is 60.7 Å². The van der Waals surface area contributed by atoms with Gasteiger partial charge in [-0.25, -0.2) is 0 Å². The molecule has 0 heterocycles.